The average molecular weight is 399 g/mol. The molecule has 0 aliphatic carbocycles. The summed E-state index contributed by atoms with van der Waals surface area (Å²) in [4.78, 5) is 5.00. The smallest absolute Gasteiger partial charge is 0.161 e. The van der Waals surface area contributed by atoms with Crippen LogP contribution in [0.5, 0.6) is 11.5 Å². The molecule has 30 heavy (non-hydrogen) atoms. The normalized spacial score (nSPS) is 11.7. The average Bonchev–Trinajstić information content (AvgIpc) is 2.75. The summed E-state index contributed by atoms with van der Waals surface area (Å²) in [6.45, 7) is 6.25. The van der Waals surface area contributed by atoms with E-state index >= 15 is 0 Å². The highest BCUT2D eigenvalue weighted by molar-refractivity contribution is 5.80. The molecule has 152 valence electrons. The van der Waals surface area contributed by atoms with Crippen LogP contribution in [0.15, 0.2) is 70.1 Å². The van der Waals surface area contributed by atoms with Gasteiger partial charge in [0, 0.05) is 17.0 Å². The third-order valence-electron chi connectivity index (χ3n) is 5.16. The molecule has 0 saturated heterocycles. The summed E-state index contributed by atoms with van der Waals surface area (Å²) in [5, 5.41) is 1.86. The third-order valence-corrected chi connectivity index (χ3v) is 5.16. The summed E-state index contributed by atoms with van der Waals surface area (Å²) in [7, 11) is 3.25. The summed E-state index contributed by atoms with van der Waals surface area (Å²) < 4.78 is 17.1. The van der Waals surface area contributed by atoms with Crippen LogP contribution in [-0.4, -0.2) is 14.2 Å². The number of fused-ring (bicyclic) bond motifs is 1. The number of hydrogen-bond acceptors (Lipinski definition) is 4. The van der Waals surface area contributed by atoms with Crippen molar-refractivity contribution < 1.29 is 13.9 Å². The molecule has 4 rings (SSSR count). The molecule has 0 bridgehead atoms. The highest BCUT2D eigenvalue weighted by atomic mass is 16.5. The minimum Gasteiger partial charge on any atom is -0.493 e. The van der Waals surface area contributed by atoms with Crippen molar-refractivity contribution in [3.8, 4) is 22.8 Å². The standard InChI is InChI=1S/C26H25NO3/c1-16-6-9-21(18(3)12-16)27-22-15-25(30-23-10-7-17(2)13-20(22)23)19-8-11-24(28-4)26(14-19)29-5/h6-15H,1-5H3. The molecule has 0 aliphatic heterocycles. The second-order valence-corrected chi connectivity index (χ2v) is 7.47. The van der Waals surface area contributed by atoms with Crippen molar-refractivity contribution in [2.45, 2.75) is 20.8 Å². The van der Waals surface area contributed by atoms with Crippen molar-refractivity contribution in [1.29, 1.82) is 0 Å². The zero-order valence-electron chi connectivity index (χ0n) is 17.9. The molecule has 0 aliphatic rings. The van der Waals surface area contributed by atoms with Crippen LogP contribution in [-0.2, 0) is 0 Å². The van der Waals surface area contributed by atoms with Crippen LogP contribution in [0.25, 0.3) is 22.3 Å². The first-order chi connectivity index (χ1) is 14.5. The van der Waals surface area contributed by atoms with Crippen molar-refractivity contribution in [2.75, 3.05) is 14.2 Å². The van der Waals surface area contributed by atoms with Crippen LogP contribution < -0.4 is 14.8 Å². The van der Waals surface area contributed by atoms with Gasteiger partial charge in [0.1, 0.15) is 11.3 Å². The summed E-state index contributed by atoms with van der Waals surface area (Å²) in [5.41, 5.74) is 6.16. The van der Waals surface area contributed by atoms with E-state index < -0.39 is 0 Å². The number of methoxy groups -OCH3 is 2. The van der Waals surface area contributed by atoms with Gasteiger partial charge in [-0.05, 0) is 62.7 Å². The maximum atomic E-state index is 6.25. The predicted molar refractivity (Wildman–Crippen MR) is 121 cm³/mol. The lowest BCUT2D eigenvalue weighted by Gasteiger charge is -2.10. The first kappa shape index (κ1) is 19.8. The number of rotatable bonds is 4. The molecule has 4 heteroatoms. The van der Waals surface area contributed by atoms with Gasteiger partial charge in [-0.25, -0.2) is 4.99 Å². The fourth-order valence-corrected chi connectivity index (χ4v) is 3.57. The van der Waals surface area contributed by atoms with E-state index in [1.807, 2.05) is 36.4 Å². The molecule has 0 spiro atoms. The van der Waals surface area contributed by atoms with Gasteiger partial charge >= 0.3 is 0 Å². The topological polar surface area (TPSA) is 44.0 Å². The Labute approximate surface area is 176 Å². The van der Waals surface area contributed by atoms with E-state index in [0.717, 1.165) is 44.5 Å². The molecule has 0 N–H and O–H groups in total. The second kappa shape index (κ2) is 8.07. The molecule has 4 nitrogen and oxygen atoms in total. The largest absolute Gasteiger partial charge is 0.493 e. The van der Waals surface area contributed by atoms with Gasteiger partial charge in [-0.15, -0.1) is 0 Å². The van der Waals surface area contributed by atoms with E-state index in [0.29, 0.717) is 11.5 Å². The van der Waals surface area contributed by atoms with Gasteiger partial charge in [0.05, 0.1) is 25.3 Å². The van der Waals surface area contributed by atoms with Gasteiger partial charge in [0.2, 0.25) is 0 Å². The van der Waals surface area contributed by atoms with Crippen LogP contribution >= 0.6 is 0 Å². The molecular formula is C26H25NO3. The number of aryl methyl sites for hydroxylation is 3. The van der Waals surface area contributed by atoms with Gasteiger partial charge < -0.3 is 13.9 Å². The number of ether oxygens (including phenoxy) is 2. The minimum atomic E-state index is 0.655. The number of nitrogens with zero attached hydrogens (tertiary/aromatic N) is 1. The molecule has 0 unspecified atom stereocenters. The Balaban J connectivity index is 1.98. The summed E-state index contributed by atoms with van der Waals surface area (Å²) in [5.74, 6) is 2.05. The zero-order chi connectivity index (χ0) is 21.3. The Kier molecular flexibility index (Phi) is 5.32. The molecular weight excluding hydrogens is 374 g/mol. The van der Waals surface area contributed by atoms with Crippen molar-refractivity contribution >= 4 is 16.7 Å². The van der Waals surface area contributed by atoms with Crippen LogP contribution in [0.1, 0.15) is 16.7 Å². The fourth-order valence-electron chi connectivity index (χ4n) is 3.57. The number of hydrogen-bond donors (Lipinski definition) is 0. The highest BCUT2D eigenvalue weighted by Gasteiger charge is 2.11. The Hall–Kier alpha value is -3.53. The molecule has 0 radical (unpaired) electrons. The molecule has 1 heterocycles. The van der Waals surface area contributed by atoms with E-state index in [4.69, 9.17) is 18.9 Å². The van der Waals surface area contributed by atoms with E-state index in [9.17, 15) is 0 Å². The molecule has 3 aromatic carbocycles. The third kappa shape index (κ3) is 3.81. The summed E-state index contributed by atoms with van der Waals surface area (Å²) >= 11 is 0. The van der Waals surface area contributed by atoms with Crippen molar-refractivity contribution in [3.63, 3.8) is 0 Å². The quantitative estimate of drug-likeness (QED) is 0.406. The van der Waals surface area contributed by atoms with Crippen LogP contribution in [0.3, 0.4) is 0 Å². The van der Waals surface area contributed by atoms with E-state index in [-0.39, 0.29) is 0 Å². The monoisotopic (exact) mass is 399 g/mol. The molecule has 0 amide bonds. The lowest BCUT2D eigenvalue weighted by atomic mass is 10.1. The molecule has 0 fully saturated rings. The maximum absolute atomic E-state index is 6.25. The van der Waals surface area contributed by atoms with Gasteiger partial charge in [-0.3, -0.25) is 0 Å². The van der Waals surface area contributed by atoms with E-state index in [1.165, 1.54) is 5.56 Å². The molecule has 4 aromatic rings. The Morgan fingerprint density at radius 1 is 0.733 bits per heavy atom. The van der Waals surface area contributed by atoms with Crippen LogP contribution in [0.4, 0.5) is 5.69 Å². The highest BCUT2D eigenvalue weighted by Crippen LogP contribution is 2.33. The Morgan fingerprint density at radius 2 is 1.47 bits per heavy atom. The second-order valence-electron chi connectivity index (χ2n) is 7.47. The van der Waals surface area contributed by atoms with Gasteiger partial charge in [-0.2, -0.15) is 0 Å². The van der Waals surface area contributed by atoms with E-state index in [1.54, 1.807) is 14.2 Å². The van der Waals surface area contributed by atoms with E-state index in [2.05, 4.69) is 45.0 Å². The minimum absolute atomic E-state index is 0.655. The Bertz CT molecular complexity index is 1300. The SMILES string of the molecule is COc1ccc(-c2cc(=Nc3ccc(C)cc3C)c3cc(C)ccc3o2)cc1OC. The first-order valence-corrected chi connectivity index (χ1v) is 9.87. The van der Waals surface area contributed by atoms with Crippen molar-refractivity contribution in [3.05, 3.63) is 82.7 Å². The zero-order valence-corrected chi connectivity index (χ0v) is 17.9. The predicted octanol–water partition coefficient (Wildman–Crippen LogP) is 6.27. The van der Waals surface area contributed by atoms with Crippen molar-refractivity contribution in [1.82, 2.24) is 0 Å². The number of benzene rings is 3. The van der Waals surface area contributed by atoms with Crippen LogP contribution in [0.2, 0.25) is 0 Å². The summed E-state index contributed by atoms with van der Waals surface area (Å²) in [6.07, 6.45) is 0. The first-order valence-electron chi connectivity index (χ1n) is 9.87. The van der Waals surface area contributed by atoms with Crippen LogP contribution in [0, 0.1) is 20.8 Å². The van der Waals surface area contributed by atoms with Gasteiger partial charge in [0.25, 0.3) is 0 Å². The van der Waals surface area contributed by atoms with Gasteiger partial charge in [-0.1, -0.05) is 29.3 Å². The lowest BCUT2D eigenvalue weighted by molar-refractivity contribution is 0.355. The molecule has 1 aromatic heterocycles. The van der Waals surface area contributed by atoms with Crippen molar-refractivity contribution in [2.24, 2.45) is 4.99 Å². The van der Waals surface area contributed by atoms with Gasteiger partial charge in [0.15, 0.2) is 11.5 Å². The summed E-state index contributed by atoms with van der Waals surface area (Å²) in [6, 6.07) is 20.2. The molecule has 0 atom stereocenters. The maximum Gasteiger partial charge on any atom is 0.161 e. The Morgan fingerprint density at radius 3 is 2.20 bits per heavy atom. The molecule has 0 saturated carbocycles. The lowest BCUT2D eigenvalue weighted by Crippen LogP contribution is -2.04. The fraction of sp³-hybridized carbons (Fsp3) is 0.192.